The smallest absolute Gasteiger partial charge is 0.264 e. The number of fused-ring (bicyclic) bond motifs is 2. The molecule has 0 aliphatic heterocycles. The van der Waals surface area contributed by atoms with Crippen LogP contribution in [0.1, 0.15) is 11.4 Å². The van der Waals surface area contributed by atoms with E-state index in [1.54, 1.807) is 23.1 Å². The van der Waals surface area contributed by atoms with Crippen LogP contribution in [0.3, 0.4) is 0 Å². The van der Waals surface area contributed by atoms with E-state index in [1.165, 1.54) is 17.1 Å². The second kappa shape index (κ2) is 7.28. The molecule has 0 atom stereocenters. The van der Waals surface area contributed by atoms with Gasteiger partial charge < -0.3 is 5.32 Å². The standard InChI is InChI=1S/C18H18N6O2S/c1-23-17-12(10-21-23)18(26)24(11-20-17)9-7-15(25)19-8-6-16-22-13-4-2-3-5-14(13)27-16/h2-5,10-11H,6-9H2,1H3,(H,19,25). The van der Waals surface area contributed by atoms with Gasteiger partial charge in [-0.1, -0.05) is 12.1 Å². The molecule has 0 unspecified atom stereocenters. The number of benzene rings is 1. The highest BCUT2D eigenvalue weighted by atomic mass is 32.1. The summed E-state index contributed by atoms with van der Waals surface area (Å²) in [6.07, 6.45) is 3.86. The lowest BCUT2D eigenvalue weighted by Gasteiger charge is -2.06. The van der Waals surface area contributed by atoms with Crippen molar-refractivity contribution in [3.05, 3.63) is 52.2 Å². The van der Waals surface area contributed by atoms with Gasteiger partial charge in [-0.05, 0) is 12.1 Å². The van der Waals surface area contributed by atoms with Gasteiger partial charge >= 0.3 is 0 Å². The number of nitrogens with zero attached hydrogens (tertiary/aromatic N) is 5. The summed E-state index contributed by atoms with van der Waals surface area (Å²) in [6.45, 7) is 0.803. The highest BCUT2D eigenvalue weighted by Gasteiger charge is 2.10. The number of hydrogen-bond donors (Lipinski definition) is 1. The molecule has 27 heavy (non-hydrogen) atoms. The Morgan fingerprint density at radius 2 is 2.15 bits per heavy atom. The van der Waals surface area contributed by atoms with E-state index < -0.39 is 0 Å². The molecule has 0 radical (unpaired) electrons. The molecule has 0 saturated carbocycles. The predicted molar refractivity (Wildman–Crippen MR) is 104 cm³/mol. The van der Waals surface area contributed by atoms with E-state index in [9.17, 15) is 9.59 Å². The van der Waals surface area contributed by atoms with Crippen LogP contribution in [0.25, 0.3) is 21.3 Å². The average molecular weight is 382 g/mol. The first-order valence-corrected chi connectivity index (χ1v) is 9.42. The van der Waals surface area contributed by atoms with Crippen molar-refractivity contribution in [3.63, 3.8) is 0 Å². The highest BCUT2D eigenvalue weighted by Crippen LogP contribution is 2.21. The maximum atomic E-state index is 12.4. The molecule has 4 aromatic rings. The van der Waals surface area contributed by atoms with E-state index in [0.717, 1.165) is 15.2 Å². The van der Waals surface area contributed by atoms with Gasteiger partial charge in [-0.15, -0.1) is 11.3 Å². The van der Waals surface area contributed by atoms with E-state index in [-0.39, 0.29) is 24.4 Å². The van der Waals surface area contributed by atoms with Gasteiger partial charge in [-0.3, -0.25) is 18.8 Å². The summed E-state index contributed by atoms with van der Waals surface area (Å²) in [5.41, 5.74) is 1.34. The Hall–Kier alpha value is -3.07. The molecule has 138 valence electrons. The zero-order valence-corrected chi connectivity index (χ0v) is 15.6. The molecule has 0 bridgehead atoms. The Bertz CT molecular complexity index is 1140. The molecular weight excluding hydrogens is 364 g/mol. The Kier molecular flexibility index (Phi) is 4.68. The van der Waals surface area contributed by atoms with Gasteiger partial charge in [-0.25, -0.2) is 9.97 Å². The van der Waals surface area contributed by atoms with Crippen molar-refractivity contribution in [2.75, 3.05) is 6.54 Å². The summed E-state index contributed by atoms with van der Waals surface area (Å²) < 4.78 is 4.14. The number of rotatable bonds is 6. The SMILES string of the molecule is Cn1ncc2c(=O)n(CCC(=O)NCCc3nc4ccccc4s3)cnc21. The van der Waals surface area contributed by atoms with Gasteiger partial charge in [0.2, 0.25) is 5.91 Å². The van der Waals surface area contributed by atoms with Gasteiger partial charge in [0.05, 0.1) is 27.7 Å². The number of hydrogen-bond acceptors (Lipinski definition) is 6. The molecule has 0 spiro atoms. The van der Waals surface area contributed by atoms with E-state index in [1.807, 2.05) is 24.3 Å². The third kappa shape index (κ3) is 3.59. The van der Waals surface area contributed by atoms with E-state index >= 15 is 0 Å². The summed E-state index contributed by atoms with van der Waals surface area (Å²) in [5, 5.41) is 8.37. The van der Waals surface area contributed by atoms with Gasteiger partial charge in [0.15, 0.2) is 5.65 Å². The topological polar surface area (TPSA) is 94.7 Å². The fourth-order valence-electron chi connectivity index (χ4n) is 2.87. The third-order valence-corrected chi connectivity index (χ3v) is 5.39. The van der Waals surface area contributed by atoms with Crippen LogP contribution in [0.15, 0.2) is 41.6 Å². The van der Waals surface area contributed by atoms with Gasteiger partial charge in [0.1, 0.15) is 5.39 Å². The second-order valence-corrected chi connectivity index (χ2v) is 7.29. The van der Waals surface area contributed by atoms with Crippen molar-refractivity contribution in [2.45, 2.75) is 19.4 Å². The molecule has 0 fully saturated rings. The van der Waals surface area contributed by atoms with Crippen molar-refractivity contribution in [2.24, 2.45) is 7.05 Å². The lowest BCUT2D eigenvalue weighted by Crippen LogP contribution is -2.29. The average Bonchev–Trinajstić information content (AvgIpc) is 3.25. The molecule has 0 aliphatic rings. The summed E-state index contributed by atoms with van der Waals surface area (Å²) in [5.74, 6) is -0.103. The number of carbonyl (C=O) groups is 1. The molecule has 1 aromatic carbocycles. The molecule has 9 heteroatoms. The van der Waals surface area contributed by atoms with E-state index in [0.29, 0.717) is 24.0 Å². The number of thiazole rings is 1. The van der Waals surface area contributed by atoms with Gasteiger partial charge in [0, 0.05) is 33.0 Å². The molecule has 8 nitrogen and oxygen atoms in total. The van der Waals surface area contributed by atoms with Crippen molar-refractivity contribution in [1.82, 2.24) is 29.6 Å². The van der Waals surface area contributed by atoms with Crippen LogP contribution in [-0.2, 0) is 24.8 Å². The number of aromatic nitrogens is 5. The minimum absolute atomic E-state index is 0.103. The highest BCUT2D eigenvalue weighted by molar-refractivity contribution is 7.18. The summed E-state index contributed by atoms with van der Waals surface area (Å²) >= 11 is 1.64. The Morgan fingerprint density at radius 1 is 1.30 bits per heavy atom. The molecule has 1 N–H and O–H groups in total. The summed E-state index contributed by atoms with van der Waals surface area (Å²) in [6, 6.07) is 7.98. The lowest BCUT2D eigenvalue weighted by molar-refractivity contribution is -0.121. The molecule has 0 aliphatic carbocycles. The van der Waals surface area contributed by atoms with Crippen LogP contribution < -0.4 is 10.9 Å². The molecule has 4 rings (SSSR count). The lowest BCUT2D eigenvalue weighted by atomic mass is 10.3. The molecule has 0 saturated heterocycles. The number of nitrogens with one attached hydrogen (secondary N) is 1. The minimum atomic E-state index is -0.185. The van der Waals surface area contributed by atoms with Crippen molar-refractivity contribution >= 4 is 38.5 Å². The monoisotopic (exact) mass is 382 g/mol. The molecule has 3 aromatic heterocycles. The minimum Gasteiger partial charge on any atom is -0.356 e. The zero-order valence-electron chi connectivity index (χ0n) is 14.8. The number of para-hydroxylation sites is 1. The van der Waals surface area contributed by atoms with Crippen LogP contribution in [0.5, 0.6) is 0 Å². The number of aryl methyl sites for hydroxylation is 2. The van der Waals surface area contributed by atoms with E-state index in [4.69, 9.17) is 0 Å². The van der Waals surface area contributed by atoms with Crippen LogP contribution in [-0.4, -0.2) is 36.8 Å². The fraction of sp³-hybridized carbons (Fsp3) is 0.278. The number of amides is 1. The fourth-order valence-corrected chi connectivity index (χ4v) is 3.84. The number of carbonyl (C=O) groups excluding carboxylic acids is 1. The molecular formula is C18H18N6O2S. The quantitative estimate of drug-likeness (QED) is 0.545. The van der Waals surface area contributed by atoms with Crippen molar-refractivity contribution < 1.29 is 4.79 Å². The van der Waals surface area contributed by atoms with Crippen LogP contribution in [0.2, 0.25) is 0 Å². The first-order valence-electron chi connectivity index (χ1n) is 8.60. The maximum Gasteiger partial charge on any atom is 0.264 e. The van der Waals surface area contributed by atoms with Gasteiger partial charge in [-0.2, -0.15) is 5.10 Å². The Balaban J connectivity index is 1.31. The maximum absolute atomic E-state index is 12.4. The normalized spacial score (nSPS) is 11.3. The summed E-state index contributed by atoms with van der Waals surface area (Å²) in [7, 11) is 1.73. The molecule has 1 amide bonds. The zero-order chi connectivity index (χ0) is 18.8. The van der Waals surface area contributed by atoms with Gasteiger partial charge in [0.25, 0.3) is 5.56 Å². The molecule has 3 heterocycles. The van der Waals surface area contributed by atoms with Crippen molar-refractivity contribution in [3.8, 4) is 0 Å². The largest absolute Gasteiger partial charge is 0.356 e. The second-order valence-electron chi connectivity index (χ2n) is 6.17. The predicted octanol–water partition coefficient (Wildman–Crippen LogP) is 1.49. The van der Waals surface area contributed by atoms with Crippen LogP contribution in [0, 0.1) is 0 Å². The van der Waals surface area contributed by atoms with E-state index in [2.05, 4.69) is 20.4 Å². The van der Waals surface area contributed by atoms with Crippen LogP contribution in [0.4, 0.5) is 0 Å². The van der Waals surface area contributed by atoms with Crippen LogP contribution >= 0.6 is 11.3 Å². The first-order chi connectivity index (χ1) is 13.1. The Labute approximate surface area is 158 Å². The third-order valence-electron chi connectivity index (χ3n) is 4.30. The summed E-state index contributed by atoms with van der Waals surface area (Å²) in [4.78, 5) is 33.2. The first kappa shape index (κ1) is 17.3. The Morgan fingerprint density at radius 3 is 3.00 bits per heavy atom. The van der Waals surface area contributed by atoms with Crippen molar-refractivity contribution in [1.29, 1.82) is 0 Å².